The molecule has 3 N–H and O–H groups in total. The molecule has 0 heterocycles. The third-order valence-electron chi connectivity index (χ3n) is 6.96. The highest BCUT2D eigenvalue weighted by Gasteiger charge is 2.44. The smallest absolute Gasteiger partial charge is 0.223 e. The third-order valence-corrected chi connectivity index (χ3v) is 7.78. The van der Waals surface area contributed by atoms with Gasteiger partial charge in [0.25, 0.3) is 0 Å². The summed E-state index contributed by atoms with van der Waals surface area (Å²) in [7, 11) is 0. The van der Waals surface area contributed by atoms with E-state index in [1.165, 1.54) is 19.1 Å². The minimum Gasteiger partial charge on any atom is -0.387 e. The van der Waals surface area contributed by atoms with Crippen LogP contribution in [0.5, 0.6) is 0 Å². The van der Waals surface area contributed by atoms with Crippen molar-refractivity contribution in [2.45, 2.75) is 89.3 Å². The number of halogens is 3. The van der Waals surface area contributed by atoms with Crippen LogP contribution in [-0.2, 0) is 9.59 Å². The molecule has 0 unspecified atom stereocenters. The first kappa shape index (κ1) is 24.3. The van der Waals surface area contributed by atoms with Gasteiger partial charge < -0.3 is 15.7 Å². The highest BCUT2D eigenvalue weighted by atomic mass is 35.5. The summed E-state index contributed by atoms with van der Waals surface area (Å²) in [5.41, 5.74) is -1.52. The minimum absolute atomic E-state index is 0.104. The van der Waals surface area contributed by atoms with Crippen molar-refractivity contribution >= 4 is 35.0 Å². The summed E-state index contributed by atoms with van der Waals surface area (Å²) in [5, 5.41) is 17.3. The van der Waals surface area contributed by atoms with Crippen LogP contribution in [0.25, 0.3) is 0 Å². The van der Waals surface area contributed by atoms with Gasteiger partial charge in [0, 0.05) is 12.5 Å². The Bertz CT molecular complexity index is 844. The second-order valence-corrected chi connectivity index (χ2v) is 10.2. The van der Waals surface area contributed by atoms with E-state index in [0.29, 0.717) is 12.8 Å². The number of rotatable bonds is 6. The molecule has 3 rings (SSSR count). The molecule has 8 heteroatoms. The number of benzene rings is 1. The summed E-state index contributed by atoms with van der Waals surface area (Å²) in [6, 6.07) is 1.51. The zero-order valence-electron chi connectivity index (χ0n) is 18.1. The Morgan fingerprint density at radius 3 is 2.48 bits per heavy atom. The Morgan fingerprint density at radius 1 is 1.19 bits per heavy atom. The van der Waals surface area contributed by atoms with Gasteiger partial charge in [-0.2, -0.15) is 0 Å². The number of hydrogen-bond donors (Lipinski definition) is 3. The van der Waals surface area contributed by atoms with Crippen LogP contribution in [0.4, 0.5) is 4.39 Å². The summed E-state index contributed by atoms with van der Waals surface area (Å²) in [6.07, 6.45) is 6.10. The molecule has 0 bridgehead atoms. The van der Waals surface area contributed by atoms with E-state index in [-0.39, 0.29) is 33.4 Å². The fourth-order valence-corrected chi connectivity index (χ4v) is 5.68. The minimum atomic E-state index is -1.34. The summed E-state index contributed by atoms with van der Waals surface area (Å²) in [4.78, 5) is 24.7. The zero-order valence-corrected chi connectivity index (χ0v) is 19.6. The maximum atomic E-state index is 14.9. The largest absolute Gasteiger partial charge is 0.387 e. The van der Waals surface area contributed by atoms with E-state index in [1.54, 1.807) is 0 Å². The van der Waals surface area contributed by atoms with E-state index in [1.807, 2.05) is 6.92 Å². The van der Waals surface area contributed by atoms with Crippen LogP contribution < -0.4 is 10.6 Å². The molecule has 1 aromatic carbocycles. The Labute approximate surface area is 193 Å². The first-order chi connectivity index (χ1) is 14.6. The number of carbonyl (C=O) groups excluding carboxylic acids is 2. The first-order valence-electron chi connectivity index (χ1n) is 11.0. The lowest BCUT2D eigenvalue weighted by molar-refractivity contribution is -0.134. The lowest BCUT2D eigenvalue weighted by Crippen LogP contribution is -2.56. The molecule has 5 nitrogen and oxygen atoms in total. The van der Waals surface area contributed by atoms with E-state index in [0.717, 1.165) is 38.5 Å². The molecule has 1 aromatic rings. The Hall–Kier alpha value is -1.37. The maximum Gasteiger partial charge on any atom is 0.223 e. The standard InChI is InChI=1S/C23H31Cl2FN2O3/c1-14(29)27-17-7-3-4-12-23(17,31)13-18(30)28-21(22(2)10-5-6-11-22)19-16(26)9-8-15(24)20(19)25/h8-9,17,21,31H,3-7,10-13H2,1-2H3,(H,27,29)(H,28,30)/t17-,21+,23-/m0/s1. The number of amides is 2. The number of aliphatic hydroxyl groups is 1. The van der Waals surface area contributed by atoms with Gasteiger partial charge in [-0.25, -0.2) is 4.39 Å². The number of carbonyl (C=O) groups is 2. The molecule has 2 aliphatic rings. The quantitative estimate of drug-likeness (QED) is 0.505. The molecular formula is C23H31Cl2FN2O3. The number of hydrogen-bond acceptors (Lipinski definition) is 3. The fourth-order valence-electron chi connectivity index (χ4n) is 5.25. The molecule has 2 amide bonds. The Kier molecular flexibility index (Phi) is 7.54. The first-order valence-corrected chi connectivity index (χ1v) is 11.7. The molecule has 0 spiro atoms. The van der Waals surface area contributed by atoms with E-state index < -0.39 is 29.4 Å². The average Bonchev–Trinajstić information content (AvgIpc) is 3.13. The van der Waals surface area contributed by atoms with Gasteiger partial charge in [0.05, 0.1) is 34.2 Å². The van der Waals surface area contributed by atoms with Crippen molar-refractivity contribution in [1.29, 1.82) is 0 Å². The highest BCUT2D eigenvalue weighted by molar-refractivity contribution is 6.42. The fraction of sp³-hybridized carbons (Fsp3) is 0.652. The van der Waals surface area contributed by atoms with Gasteiger partial charge in [0.2, 0.25) is 11.8 Å². The molecule has 172 valence electrons. The summed E-state index contributed by atoms with van der Waals surface area (Å²) in [6.45, 7) is 3.42. The van der Waals surface area contributed by atoms with Crippen molar-refractivity contribution in [3.63, 3.8) is 0 Å². The van der Waals surface area contributed by atoms with Crippen LogP contribution >= 0.6 is 23.2 Å². The predicted molar refractivity (Wildman–Crippen MR) is 120 cm³/mol. The molecule has 2 aliphatic carbocycles. The van der Waals surface area contributed by atoms with Crippen LogP contribution in [0.3, 0.4) is 0 Å². The highest BCUT2D eigenvalue weighted by Crippen LogP contribution is 2.50. The molecule has 2 saturated carbocycles. The van der Waals surface area contributed by atoms with E-state index in [2.05, 4.69) is 10.6 Å². The van der Waals surface area contributed by atoms with E-state index in [4.69, 9.17) is 23.2 Å². The van der Waals surface area contributed by atoms with Crippen LogP contribution in [0.1, 0.15) is 83.2 Å². The lowest BCUT2D eigenvalue weighted by atomic mass is 9.75. The lowest BCUT2D eigenvalue weighted by Gasteiger charge is -2.41. The molecule has 2 fully saturated rings. The molecular weight excluding hydrogens is 442 g/mol. The summed E-state index contributed by atoms with van der Waals surface area (Å²) >= 11 is 12.6. The van der Waals surface area contributed by atoms with Crippen LogP contribution in [-0.4, -0.2) is 28.6 Å². The van der Waals surface area contributed by atoms with Crippen molar-refractivity contribution in [2.75, 3.05) is 0 Å². The summed E-state index contributed by atoms with van der Waals surface area (Å²) < 4.78 is 14.9. The molecule has 0 saturated heterocycles. The zero-order chi connectivity index (χ0) is 22.8. The normalized spacial score (nSPS) is 26.3. The van der Waals surface area contributed by atoms with Gasteiger partial charge in [0.15, 0.2) is 0 Å². The molecule has 0 aliphatic heterocycles. The SMILES string of the molecule is CC(=O)N[C@H]1CCCC[C@]1(O)CC(=O)N[C@H](c1c(F)ccc(Cl)c1Cl)C1(C)CCCC1. The van der Waals surface area contributed by atoms with Gasteiger partial charge in [-0.05, 0) is 43.2 Å². The van der Waals surface area contributed by atoms with Crippen molar-refractivity contribution < 1.29 is 19.1 Å². The predicted octanol–water partition coefficient (Wildman–Crippen LogP) is 5.07. The van der Waals surface area contributed by atoms with Crippen LogP contribution in [0.15, 0.2) is 12.1 Å². The summed E-state index contributed by atoms with van der Waals surface area (Å²) in [5.74, 6) is -1.15. The van der Waals surface area contributed by atoms with Crippen molar-refractivity contribution in [1.82, 2.24) is 10.6 Å². The van der Waals surface area contributed by atoms with E-state index >= 15 is 0 Å². The number of nitrogens with one attached hydrogen (secondary N) is 2. The topological polar surface area (TPSA) is 78.4 Å². The second-order valence-electron chi connectivity index (χ2n) is 9.40. The maximum absolute atomic E-state index is 14.9. The van der Waals surface area contributed by atoms with Gasteiger partial charge in [0.1, 0.15) is 5.82 Å². The van der Waals surface area contributed by atoms with Gasteiger partial charge in [-0.3, -0.25) is 9.59 Å². The molecule has 0 radical (unpaired) electrons. The van der Waals surface area contributed by atoms with E-state index in [9.17, 15) is 19.1 Å². The van der Waals surface area contributed by atoms with Gasteiger partial charge >= 0.3 is 0 Å². The Balaban J connectivity index is 1.87. The Morgan fingerprint density at radius 2 is 1.84 bits per heavy atom. The van der Waals surface area contributed by atoms with Gasteiger partial charge in [-0.15, -0.1) is 0 Å². The van der Waals surface area contributed by atoms with Gasteiger partial charge in [-0.1, -0.05) is 55.8 Å². The van der Waals surface area contributed by atoms with Crippen LogP contribution in [0, 0.1) is 11.2 Å². The molecule has 31 heavy (non-hydrogen) atoms. The van der Waals surface area contributed by atoms with Crippen molar-refractivity contribution in [3.05, 3.63) is 33.6 Å². The second kappa shape index (κ2) is 9.63. The average molecular weight is 473 g/mol. The monoisotopic (exact) mass is 472 g/mol. The van der Waals surface area contributed by atoms with Crippen LogP contribution in [0.2, 0.25) is 10.0 Å². The molecule has 0 aromatic heterocycles. The molecule has 3 atom stereocenters. The third kappa shape index (κ3) is 5.35. The van der Waals surface area contributed by atoms with Crippen molar-refractivity contribution in [2.24, 2.45) is 5.41 Å². The van der Waals surface area contributed by atoms with Crippen molar-refractivity contribution in [3.8, 4) is 0 Å².